The van der Waals surface area contributed by atoms with Gasteiger partial charge in [-0.05, 0) is 44.8 Å². The molecule has 2 atom stereocenters. The largest absolute Gasteiger partial charge is 0.354 e. The van der Waals surface area contributed by atoms with Crippen LogP contribution in [-0.2, 0) is 9.59 Å². The quantitative estimate of drug-likeness (QED) is 0.851. The van der Waals surface area contributed by atoms with Crippen LogP contribution in [0.15, 0.2) is 30.3 Å². The fourth-order valence-electron chi connectivity index (χ4n) is 4.31. The molecule has 0 unspecified atom stereocenters. The number of nitrogens with one attached hydrogen (secondary N) is 1. The number of rotatable bonds is 6. The van der Waals surface area contributed by atoms with Crippen molar-refractivity contribution in [2.45, 2.75) is 45.1 Å². The summed E-state index contributed by atoms with van der Waals surface area (Å²) in [5, 5.41) is 3.14. The Balaban J connectivity index is 1.65. The van der Waals surface area contributed by atoms with Crippen molar-refractivity contribution in [2.24, 2.45) is 5.92 Å². The Morgan fingerprint density at radius 2 is 1.88 bits per heavy atom. The van der Waals surface area contributed by atoms with Crippen LogP contribution in [0.3, 0.4) is 0 Å². The van der Waals surface area contributed by atoms with Crippen molar-refractivity contribution in [3.05, 3.63) is 35.9 Å². The summed E-state index contributed by atoms with van der Waals surface area (Å²) in [6.45, 7) is 6.52. The topological polar surface area (TPSA) is 52.7 Å². The van der Waals surface area contributed by atoms with Crippen LogP contribution in [0, 0.1) is 5.92 Å². The lowest BCUT2D eigenvalue weighted by atomic mass is 9.83. The fraction of sp³-hybridized carbons (Fsp3) is 0.619. The lowest BCUT2D eigenvalue weighted by Gasteiger charge is -2.40. The summed E-state index contributed by atoms with van der Waals surface area (Å²) in [6, 6.07) is 9.83. The molecular weight excluding hydrogens is 326 g/mol. The van der Waals surface area contributed by atoms with Gasteiger partial charge < -0.3 is 15.1 Å². The second kappa shape index (κ2) is 9.17. The Labute approximate surface area is 156 Å². The van der Waals surface area contributed by atoms with Crippen LogP contribution in [0.5, 0.6) is 0 Å². The molecule has 0 radical (unpaired) electrons. The van der Waals surface area contributed by atoms with E-state index < -0.39 is 0 Å². The third-order valence-electron chi connectivity index (χ3n) is 5.70. The number of likely N-dealkylation sites (tertiary alicyclic amines) is 2. The molecule has 142 valence electrons. The maximum atomic E-state index is 12.9. The van der Waals surface area contributed by atoms with Crippen LogP contribution in [0.4, 0.5) is 0 Å². The zero-order valence-electron chi connectivity index (χ0n) is 15.8. The molecule has 0 aromatic heterocycles. The van der Waals surface area contributed by atoms with Gasteiger partial charge in [-0.1, -0.05) is 36.8 Å². The molecule has 3 rings (SSSR count). The molecule has 2 fully saturated rings. The van der Waals surface area contributed by atoms with Crippen molar-refractivity contribution >= 4 is 11.8 Å². The van der Waals surface area contributed by atoms with Gasteiger partial charge in [0.15, 0.2) is 0 Å². The number of benzene rings is 1. The summed E-state index contributed by atoms with van der Waals surface area (Å²) in [6.07, 6.45) is 4.94. The van der Waals surface area contributed by atoms with Gasteiger partial charge in [0.1, 0.15) is 0 Å². The summed E-state index contributed by atoms with van der Waals surface area (Å²) in [5.41, 5.74) is 1.05. The molecule has 1 aromatic carbocycles. The highest BCUT2D eigenvalue weighted by Gasteiger charge is 2.39. The van der Waals surface area contributed by atoms with Gasteiger partial charge in [-0.3, -0.25) is 9.59 Å². The smallest absolute Gasteiger partial charge is 0.225 e. The lowest BCUT2D eigenvalue weighted by Crippen LogP contribution is -2.49. The second-order valence-corrected chi connectivity index (χ2v) is 7.37. The first-order valence-electron chi connectivity index (χ1n) is 10.0. The first-order chi connectivity index (χ1) is 12.7. The summed E-state index contributed by atoms with van der Waals surface area (Å²) >= 11 is 0. The molecule has 2 aliphatic rings. The summed E-state index contributed by atoms with van der Waals surface area (Å²) < 4.78 is 0. The Kier molecular flexibility index (Phi) is 6.67. The minimum atomic E-state index is -0.170. The summed E-state index contributed by atoms with van der Waals surface area (Å²) in [5.74, 6) is 0.0666. The van der Waals surface area contributed by atoms with E-state index in [-0.39, 0.29) is 23.8 Å². The first-order valence-corrected chi connectivity index (χ1v) is 10.0. The van der Waals surface area contributed by atoms with E-state index in [1.54, 1.807) is 0 Å². The second-order valence-electron chi connectivity index (χ2n) is 7.37. The van der Waals surface area contributed by atoms with Gasteiger partial charge in [0.05, 0.1) is 12.0 Å². The lowest BCUT2D eigenvalue weighted by molar-refractivity contribution is -0.143. The molecule has 1 N–H and O–H groups in total. The Morgan fingerprint density at radius 1 is 1.15 bits per heavy atom. The summed E-state index contributed by atoms with van der Waals surface area (Å²) in [4.78, 5) is 29.6. The minimum Gasteiger partial charge on any atom is -0.354 e. The van der Waals surface area contributed by atoms with Gasteiger partial charge in [0, 0.05) is 26.1 Å². The fourth-order valence-corrected chi connectivity index (χ4v) is 4.31. The molecule has 26 heavy (non-hydrogen) atoms. The Hall–Kier alpha value is -1.88. The molecule has 2 heterocycles. The highest BCUT2D eigenvalue weighted by atomic mass is 16.2. The van der Waals surface area contributed by atoms with Crippen molar-refractivity contribution in [3.63, 3.8) is 0 Å². The van der Waals surface area contributed by atoms with Crippen molar-refractivity contribution < 1.29 is 9.59 Å². The van der Waals surface area contributed by atoms with Gasteiger partial charge >= 0.3 is 0 Å². The van der Waals surface area contributed by atoms with Crippen LogP contribution < -0.4 is 5.32 Å². The SMILES string of the molecule is CCN1C(=O)CC[C@@H](C(=O)NCCN2CCCCC2)[C@@H]1c1ccccc1. The van der Waals surface area contributed by atoms with E-state index in [0.29, 0.717) is 25.9 Å². The number of carbonyl (C=O) groups is 2. The van der Waals surface area contributed by atoms with E-state index in [1.165, 1.54) is 19.3 Å². The third-order valence-corrected chi connectivity index (χ3v) is 5.70. The molecular formula is C21H31N3O2. The highest BCUT2D eigenvalue weighted by molar-refractivity contribution is 5.85. The van der Waals surface area contributed by atoms with E-state index >= 15 is 0 Å². The molecule has 2 aliphatic heterocycles. The summed E-state index contributed by atoms with van der Waals surface area (Å²) in [7, 11) is 0. The van der Waals surface area contributed by atoms with E-state index in [2.05, 4.69) is 10.2 Å². The maximum absolute atomic E-state index is 12.9. The van der Waals surface area contributed by atoms with Crippen LogP contribution in [-0.4, -0.2) is 54.3 Å². The first kappa shape index (κ1) is 18.9. The molecule has 0 bridgehead atoms. The Bertz CT molecular complexity index is 599. The van der Waals surface area contributed by atoms with Gasteiger partial charge in [-0.2, -0.15) is 0 Å². The van der Waals surface area contributed by atoms with Crippen molar-refractivity contribution in [1.29, 1.82) is 0 Å². The molecule has 5 heteroatoms. The molecule has 2 saturated heterocycles. The monoisotopic (exact) mass is 357 g/mol. The molecule has 2 amide bonds. The molecule has 1 aromatic rings. The number of nitrogens with zero attached hydrogens (tertiary/aromatic N) is 2. The molecule has 5 nitrogen and oxygen atoms in total. The van der Waals surface area contributed by atoms with Gasteiger partial charge in [-0.25, -0.2) is 0 Å². The van der Waals surface area contributed by atoms with Crippen LogP contribution in [0.2, 0.25) is 0 Å². The standard InChI is InChI=1S/C21H31N3O2/c1-2-24-19(25)12-11-18(20(24)17-9-5-3-6-10-17)21(26)22-13-16-23-14-7-4-8-15-23/h3,5-6,9-10,18,20H,2,4,7-8,11-16H2,1H3,(H,22,26)/t18-,20+/m1/s1. The molecule has 0 aliphatic carbocycles. The number of piperidine rings is 2. The van der Waals surface area contributed by atoms with E-state index in [1.807, 2.05) is 42.2 Å². The molecule has 0 spiro atoms. The van der Waals surface area contributed by atoms with E-state index in [9.17, 15) is 9.59 Å². The normalized spacial score (nSPS) is 24.5. The Morgan fingerprint density at radius 3 is 2.58 bits per heavy atom. The van der Waals surface area contributed by atoms with E-state index in [0.717, 1.165) is 25.2 Å². The predicted molar refractivity (Wildman–Crippen MR) is 103 cm³/mol. The number of hydrogen-bond donors (Lipinski definition) is 1. The van der Waals surface area contributed by atoms with Gasteiger partial charge in [0.25, 0.3) is 0 Å². The van der Waals surface area contributed by atoms with Gasteiger partial charge in [0.2, 0.25) is 11.8 Å². The van der Waals surface area contributed by atoms with Crippen LogP contribution in [0.25, 0.3) is 0 Å². The van der Waals surface area contributed by atoms with Crippen molar-refractivity contribution in [1.82, 2.24) is 15.1 Å². The highest BCUT2D eigenvalue weighted by Crippen LogP contribution is 2.36. The number of hydrogen-bond acceptors (Lipinski definition) is 3. The zero-order valence-corrected chi connectivity index (χ0v) is 15.8. The van der Waals surface area contributed by atoms with Crippen molar-refractivity contribution in [2.75, 3.05) is 32.7 Å². The average Bonchev–Trinajstić information content (AvgIpc) is 2.69. The average molecular weight is 357 g/mol. The maximum Gasteiger partial charge on any atom is 0.225 e. The zero-order chi connectivity index (χ0) is 18.4. The van der Waals surface area contributed by atoms with Gasteiger partial charge in [-0.15, -0.1) is 0 Å². The minimum absolute atomic E-state index is 0.0850. The van der Waals surface area contributed by atoms with Crippen LogP contribution in [0.1, 0.15) is 50.6 Å². The van der Waals surface area contributed by atoms with Crippen LogP contribution >= 0.6 is 0 Å². The molecule has 0 saturated carbocycles. The third kappa shape index (κ3) is 4.44. The predicted octanol–water partition coefficient (Wildman–Crippen LogP) is 2.59. The van der Waals surface area contributed by atoms with E-state index in [4.69, 9.17) is 0 Å². The van der Waals surface area contributed by atoms with Crippen molar-refractivity contribution in [3.8, 4) is 0 Å². The number of carbonyl (C=O) groups excluding carboxylic acids is 2. The number of amides is 2.